The number of rotatable bonds is 5. The van der Waals surface area contributed by atoms with Crippen molar-refractivity contribution in [1.82, 2.24) is 19.3 Å². The van der Waals surface area contributed by atoms with E-state index in [9.17, 15) is 9.59 Å². The van der Waals surface area contributed by atoms with E-state index in [2.05, 4.69) is 15.3 Å². The molecule has 9 heteroatoms. The van der Waals surface area contributed by atoms with Crippen molar-refractivity contribution < 1.29 is 14.3 Å². The van der Waals surface area contributed by atoms with E-state index in [4.69, 9.17) is 9.47 Å². The number of nitrogens with one attached hydrogen (secondary N) is 1. The maximum absolute atomic E-state index is 13.4. The Morgan fingerprint density at radius 2 is 2.10 bits per heavy atom. The minimum Gasteiger partial charge on any atom is -0.493 e. The van der Waals surface area contributed by atoms with Crippen LogP contribution in [0.5, 0.6) is 5.75 Å². The molecule has 0 bridgehead atoms. The average molecular weight is 417 g/mol. The molecule has 0 atom stereocenters. The van der Waals surface area contributed by atoms with Crippen molar-refractivity contribution in [2.24, 2.45) is 0 Å². The summed E-state index contributed by atoms with van der Waals surface area (Å²) in [5.74, 6) is 0.829. The predicted octanol–water partition coefficient (Wildman–Crippen LogP) is 2.95. The maximum Gasteiger partial charge on any atom is 0.410 e. The summed E-state index contributed by atoms with van der Waals surface area (Å²) < 4.78 is 11.8. The second kappa shape index (κ2) is 7.60. The van der Waals surface area contributed by atoms with Gasteiger partial charge in [-0.3, -0.25) is 14.2 Å². The third kappa shape index (κ3) is 3.39. The molecule has 1 fully saturated rings. The second-order valence-electron chi connectivity index (χ2n) is 7.09. The first-order valence-corrected chi connectivity index (χ1v) is 9.76. The van der Waals surface area contributed by atoms with Crippen LogP contribution in [0.2, 0.25) is 0 Å². The van der Waals surface area contributed by atoms with Crippen LogP contribution in [-0.4, -0.2) is 45.6 Å². The summed E-state index contributed by atoms with van der Waals surface area (Å²) in [6.07, 6.45) is 2.92. The molecule has 1 amide bonds. The maximum atomic E-state index is 13.4. The molecule has 1 aliphatic heterocycles. The Morgan fingerprint density at radius 1 is 1.19 bits per heavy atom. The molecule has 5 rings (SSSR count). The molecule has 4 heterocycles. The molecule has 9 nitrogen and oxygen atoms in total. The zero-order valence-electron chi connectivity index (χ0n) is 16.7. The molecule has 1 aromatic carbocycles. The SMILES string of the molecule is COc1cccn2c(=O)c(CN3CCOC3=O)c(Nc3ccc4ncccc4c3)nc12. The van der Waals surface area contributed by atoms with Gasteiger partial charge in [0, 0.05) is 23.5 Å². The van der Waals surface area contributed by atoms with Crippen molar-refractivity contribution in [3.8, 4) is 5.75 Å². The highest BCUT2D eigenvalue weighted by atomic mass is 16.6. The van der Waals surface area contributed by atoms with Gasteiger partial charge in [-0.2, -0.15) is 0 Å². The number of aromatic nitrogens is 3. The molecule has 156 valence electrons. The molecular weight excluding hydrogens is 398 g/mol. The van der Waals surface area contributed by atoms with Gasteiger partial charge < -0.3 is 19.7 Å². The molecule has 3 aromatic heterocycles. The summed E-state index contributed by atoms with van der Waals surface area (Å²) in [6.45, 7) is 0.803. The van der Waals surface area contributed by atoms with E-state index in [0.29, 0.717) is 35.9 Å². The standard InChI is InChI=1S/C22H19N5O4/c1-30-18-5-3-9-27-20(18)25-19(16(21(27)28)13-26-10-11-31-22(26)29)24-15-6-7-17-14(12-15)4-2-8-23-17/h2-9,12,24H,10-11,13H2,1H3. The average Bonchev–Trinajstić information content (AvgIpc) is 3.20. The Kier molecular flexibility index (Phi) is 4.62. The van der Waals surface area contributed by atoms with Gasteiger partial charge in [0.05, 0.1) is 31.3 Å². The van der Waals surface area contributed by atoms with Gasteiger partial charge in [-0.25, -0.2) is 9.78 Å². The first-order chi connectivity index (χ1) is 15.1. The minimum atomic E-state index is -0.446. The Bertz CT molecular complexity index is 1370. The molecule has 0 aliphatic carbocycles. The van der Waals surface area contributed by atoms with Crippen LogP contribution in [0.1, 0.15) is 5.56 Å². The molecular formula is C22H19N5O4. The molecule has 31 heavy (non-hydrogen) atoms. The monoisotopic (exact) mass is 417 g/mol. The Hall–Kier alpha value is -4.14. The molecule has 1 aliphatic rings. The number of benzene rings is 1. The first kappa shape index (κ1) is 18.9. The highest BCUT2D eigenvalue weighted by molar-refractivity contribution is 5.83. The molecule has 0 radical (unpaired) electrons. The van der Waals surface area contributed by atoms with Crippen molar-refractivity contribution >= 4 is 34.1 Å². The number of pyridine rings is 2. The van der Waals surface area contributed by atoms with Crippen LogP contribution in [-0.2, 0) is 11.3 Å². The van der Waals surface area contributed by atoms with Crippen LogP contribution < -0.4 is 15.6 Å². The van der Waals surface area contributed by atoms with Gasteiger partial charge in [0.1, 0.15) is 12.4 Å². The lowest BCUT2D eigenvalue weighted by Crippen LogP contribution is -2.30. The molecule has 1 saturated heterocycles. The summed E-state index contributed by atoms with van der Waals surface area (Å²) in [6, 6.07) is 13.0. The lowest BCUT2D eigenvalue weighted by atomic mass is 10.2. The number of hydrogen-bond donors (Lipinski definition) is 1. The fourth-order valence-electron chi connectivity index (χ4n) is 3.63. The van der Waals surface area contributed by atoms with Crippen molar-refractivity contribution in [3.05, 3.63) is 70.8 Å². The zero-order valence-corrected chi connectivity index (χ0v) is 16.7. The van der Waals surface area contributed by atoms with Gasteiger partial charge in [0.25, 0.3) is 5.56 Å². The van der Waals surface area contributed by atoms with Crippen LogP contribution in [0.3, 0.4) is 0 Å². The number of methoxy groups -OCH3 is 1. The van der Waals surface area contributed by atoms with E-state index in [1.807, 2.05) is 30.3 Å². The number of anilines is 2. The van der Waals surface area contributed by atoms with Crippen LogP contribution >= 0.6 is 0 Å². The van der Waals surface area contributed by atoms with Crippen molar-refractivity contribution in [2.75, 3.05) is 25.6 Å². The molecule has 0 unspecified atom stereocenters. The zero-order chi connectivity index (χ0) is 21.4. The Balaban J connectivity index is 1.65. The van der Waals surface area contributed by atoms with Crippen LogP contribution in [0.15, 0.2) is 59.7 Å². The van der Waals surface area contributed by atoms with Crippen molar-refractivity contribution in [1.29, 1.82) is 0 Å². The van der Waals surface area contributed by atoms with Gasteiger partial charge in [-0.05, 0) is 36.4 Å². The van der Waals surface area contributed by atoms with E-state index in [1.165, 1.54) is 16.4 Å². The molecule has 0 spiro atoms. The lowest BCUT2D eigenvalue weighted by molar-refractivity contribution is 0.157. The highest BCUT2D eigenvalue weighted by Gasteiger charge is 2.26. The lowest BCUT2D eigenvalue weighted by Gasteiger charge is -2.17. The number of carbonyl (C=O) groups excluding carboxylic acids is 1. The van der Waals surface area contributed by atoms with E-state index >= 15 is 0 Å². The number of hydrogen-bond acceptors (Lipinski definition) is 7. The second-order valence-corrected chi connectivity index (χ2v) is 7.09. The quantitative estimate of drug-likeness (QED) is 0.533. The molecule has 0 saturated carbocycles. The van der Waals surface area contributed by atoms with E-state index in [0.717, 1.165) is 16.6 Å². The number of ether oxygens (including phenoxy) is 2. The van der Waals surface area contributed by atoms with Gasteiger partial charge in [0.15, 0.2) is 11.4 Å². The Morgan fingerprint density at radius 3 is 2.90 bits per heavy atom. The summed E-state index contributed by atoms with van der Waals surface area (Å²) in [5, 5.41) is 4.20. The van der Waals surface area contributed by atoms with E-state index < -0.39 is 6.09 Å². The number of carbonyl (C=O) groups is 1. The summed E-state index contributed by atoms with van der Waals surface area (Å²) in [7, 11) is 1.53. The molecule has 4 aromatic rings. The summed E-state index contributed by atoms with van der Waals surface area (Å²) in [4.78, 5) is 35.8. The van der Waals surface area contributed by atoms with Gasteiger partial charge in [-0.15, -0.1) is 0 Å². The number of nitrogens with zero attached hydrogens (tertiary/aromatic N) is 4. The topological polar surface area (TPSA) is 98.1 Å². The van der Waals surface area contributed by atoms with Crippen LogP contribution in [0.25, 0.3) is 16.6 Å². The first-order valence-electron chi connectivity index (χ1n) is 9.76. The van der Waals surface area contributed by atoms with Gasteiger partial charge in [-0.1, -0.05) is 6.07 Å². The normalized spacial score (nSPS) is 13.6. The summed E-state index contributed by atoms with van der Waals surface area (Å²) >= 11 is 0. The van der Waals surface area contributed by atoms with Crippen LogP contribution in [0, 0.1) is 0 Å². The Labute approximate surface area is 176 Å². The number of cyclic esters (lactones) is 1. The largest absolute Gasteiger partial charge is 0.493 e. The van der Waals surface area contributed by atoms with E-state index in [1.54, 1.807) is 24.5 Å². The van der Waals surface area contributed by atoms with Gasteiger partial charge >= 0.3 is 6.09 Å². The predicted molar refractivity (Wildman–Crippen MR) is 115 cm³/mol. The third-order valence-corrected chi connectivity index (χ3v) is 5.19. The smallest absolute Gasteiger partial charge is 0.410 e. The van der Waals surface area contributed by atoms with Crippen molar-refractivity contribution in [2.45, 2.75) is 6.54 Å². The van der Waals surface area contributed by atoms with Gasteiger partial charge in [0.2, 0.25) is 0 Å². The van der Waals surface area contributed by atoms with Crippen molar-refractivity contribution in [3.63, 3.8) is 0 Å². The minimum absolute atomic E-state index is 0.0856. The summed E-state index contributed by atoms with van der Waals surface area (Å²) in [5.41, 5.74) is 2.07. The third-order valence-electron chi connectivity index (χ3n) is 5.19. The number of amides is 1. The van der Waals surface area contributed by atoms with E-state index in [-0.39, 0.29) is 12.1 Å². The van der Waals surface area contributed by atoms with Crippen LogP contribution in [0.4, 0.5) is 16.3 Å². The number of fused-ring (bicyclic) bond motifs is 2. The fraction of sp³-hybridized carbons (Fsp3) is 0.182. The molecule has 1 N–H and O–H groups in total. The highest BCUT2D eigenvalue weighted by Crippen LogP contribution is 2.25. The fourth-order valence-corrected chi connectivity index (χ4v) is 3.63.